The van der Waals surface area contributed by atoms with Gasteiger partial charge in [0.15, 0.2) is 0 Å². The highest BCUT2D eigenvalue weighted by molar-refractivity contribution is 9.11. The van der Waals surface area contributed by atoms with Crippen LogP contribution in [0.1, 0.15) is 31.6 Å². The van der Waals surface area contributed by atoms with Crippen LogP contribution in [0.2, 0.25) is 0 Å². The van der Waals surface area contributed by atoms with Crippen LogP contribution in [0.25, 0.3) is 0 Å². The van der Waals surface area contributed by atoms with E-state index in [0.717, 1.165) is 24.3 Å². The number of hydrogen-bond donors (Lipinski definition) is 1. The molecule has 1 unspecified atom stereocenters. The van der Waals surface area contributed by atoms with Crippen LogP contribution >= 0.6 is 27.3 Å². The number of nitrogens with one attached hydrogen (secondary N) is 1. The minimum absolute atomic E-state index is 0.106. The van der Waals surface area contributed by atoms with Crippen molar-refractivity contribution in [2.45, 2.75) is 44.2 Å². The van der Waals surface area contributed by atoms with Crippen LogP contribution < -0.4 is 5.32 Å². The monoisotopic (exact) mass is 366 g/mol. The number of nitrogens with zero attached hydrogens (tertiary/aromatic N) is 1. The maximum absolute atomic E-state index is 12.6. The first-order valence-electron chi connectivity index (χ1n) is 6.47. The lowest BCUT2D eigenvalue weighted by Gasteiger charge is -2.20. The molecule has 2 heterocycles. The van der Waals surface area contributed by atoms with E-state index in [0.29, 0.717) is 21.8 Å². The first-order valence-corrected chi connectivity index (χ1v) is 9.52. The predicted molar refractivity (Wildman–Crippen MR) is 82.0 cm³/mol. The Morgan fingerprint density at radius 3 is 2.89 bits per heavy atom. The van der Waals surface area contributed by atoms with Gasteiger partial charge in [-0.2, -0.15) is 4.31 Å². The standard InChI is InChI=1S/C12H19BrN2O2S2/c1-3-14-8-10-7-11(12(13)18-10)19(16,17)15-6-4-5-9(15)2/h7,9,14H,3-6,8H2,1-2H3. The van der Waals surface area contributed by atoms with Crippen molar-refractivity contribution in [2.24, 2.45) is 0 Å². The second kappa shape index (κ2) is 6.22. The molecule has 0 bridgehead atoms. The number of halogens is 1. The SMILES string of the molecule is CCNCc1cc(S(=O)(=O)N2CCCC2C)c(Br)s1. The van der Waals surface area contributed by atoms with Crippen LogP contribution in [0.3, 0.4) is 0 Å². The Labute approximate surface area is 127 Å². The maximum atomic E-state index is 12.6. The molecule has 19 heavy (non-hydrogen) atoms. The van der Waals surface area contributed by atoms with Gasteiger partial charge in [0.2, 0.25) is 10.0 Å². The van der Waals surface area contributed by atoms with Gasteiger partial charge in [-0.25, -0.2) is 8.42 Å². The lowest BCUT2D eigenvalue weighted by Crippen LogP contribution is -2.33. The summed E-state index contributed by atoms with van der Waals surface area (Å²) in [5.74, 6) is 0. The van der Waals surface area contributed by atoms with E-state index in [2.05, 4.69) is 21.2 Å². The van der Waals surface area contributed by atoms with Gasteiger partial charge in [-0.1, -0.05) is 6.92 Å². The molecule has 1 N–H and O–H groups in total. The second-order valence-corrected chi connectivity index (χ2v) is 9.05. The van der Waals surface area contributed by atoms with E-state index in [1.165, 1.54) is 11.3 Å². The number of thiophene rings is 1. The molecule has 0 aliphatic carbocycles. The molecule has 1 aromatic heterocycles. The molecule has 1 atom stereocenters. The molecule has 0 radical (unpaired) electrons. The van der Waals surface area contributed by atoms with Crippen molar-refractivity contribution >= 4 is 37.3 Å². The molecule has 1 aliphatic rings. The zero-order valence-electron chi connectivity index (χ0n) is 11.1. The summed E-state index contributed by atoms with van der Waals surface area (Å²) in [6.45, 7) is 6.23. The first kappa shape index (κ1) is 15.4. The van der Waals surface area contributed by atoms with Gasteiger partial charge in [0.1, 0.15) is 4.90 Å². The van der Waals surface area contributed by atoms with Gasteiger partial charge >= 0.3 is 0 Å². The molecule has 1 aromatic rings. The van der Waals surface area contributed by atoms with Crippen LogP contribution in [0, 0.1) is 0 Å². The molecule has 0 spiro atoms. The quantitative estimate of drug-likeness (QED) is 0.871. The fraction of sp³-hybridized carbons (Fsp3) is 0.667. The lowest BCUT2D eigenvalue weighted by molar-refractivity contribution is 0.408. The van der Waals surface area contributed by atoms with Crippen LogP contribution in [0.15, 0.2) is 14.7 Å². The minimum Gasteiger partial charge on any atom is -0.312 e. The summed E-state index contributed by atoms with van der Waals surface area (Å²) in [7, 11) is -3.35. The summed E-state index contributed by atoms with van der Waals surface area (Å²) in [6, 6.07) is 1.90. The second-order valence-electron chi connectivity index (χ2n) is 4.74. The molecule has 2 rings (SSSR count). The van der Waals surface area contributed by atoms with E-state index in [9.17, 15) is 8.42 Å². The molecule has 0 aromatic carbocycles. The highest BCUT2D eigenvalue weighted by Gasteiger charge is 2.34. The fourth-order valence-corrected chi connectivity index (χ4v) is 6.60. The molecule has 0 amide bonds. The summed E-state index contributed by atoms with van der Waals surface area (Å²) < 4.78 is 27.6. The Bertz CT molecular complexity index is 542. The Hall–Kier alpha value is 0.0500. The summed E-state index contributed by atoms with van der Waals surface area (Å²) in [4.78, 5) is 1.46. The fourth-order valence-electron chi connectivity index (χ4n) is 2.30. The van der Waals surface area contributed by atoms with Crippen LogP contribution in [0.4, 0.5) is 0 Å². The average Bonchev–Trinajstić information content (AvgIpc) is 2.93. The van der Waals surface area contributed by atoms with Gasteiger partial charge in [-0.15, -0.1) is 11.3 Å². The maximum Gasteiger partial charge on any atom is 0.245 e. The Morgan fingerprint density at radius 1 is 1.58 bits per heavy atom. The smallest absolute Gasteiger partial charge is 0.245 e. The van der Waals surface area contributed by atoms with E-state index in [1.807, 2.05) is 13.8 Å². The summed E-state index contributed by atoms with van der Waals surface area (Å²) >= 11 is 4.89. The molecule has 1 saturated heterocycles. The minimum atomic E-state index is -3.35. The molecule has 4 nitrogen and oxygen atoms in total. The third kappa shape index (κ3) is 3.21. The van der Waals surface area contributed by atoms with Crippen molar-refractivity contribution in [3.05, 3.63) is 14.7 Å². The van der Waals surface area contributed by atoms with Gasteiger partial charge in [0.25, 0.3) is 0 Å². The molecule has 1 fully saturated rings. The topological polar surface area (TPSA) is 49.4 Å². The molecular formula is C12H19BrN2O2S2. The largest absolute Gasteiger partial charge is 0.312 e. The van der Waals surface area contributed by atoms with Crippen molar-refractivity contribution < 1.29 is 8.42 Å². The van der Waals surface area contributed by atoms with Crippen LogP contribution in [-0.4, -0.2) is 31.9 Å². The molecule has 7 heteroatoms. The predicted octanol–water partition coefficient (Wildman–Crippen LogP) is 2.79. The van der Waals surface area contributed by atoms with Crippen molar-refractivity contribution in [1.29, 1.82) is 0 Å². The summed E-state index contributed by atoms with van der Waals surface area (Å²) in [6.07, 6.45) is 1.90. The summed E-state index contributed by atoms with van der Waals surface area (Å²) in [5.41, 5.74) is 0. The van der Waals surface area contributed by atoms with Crippen molar-refractivity contribution in [3.63, 3.8) is 0 Å². The highest BCUT2D eigenvalue weighted by atomic mass is 79.9. The Kier molecular flexibility index (Phi) is 5.05. The van der Waals surface area contributed by atoms with E-state index in [-0.39, 0.29) is 6.04 Å². The third-order valence-electron chi connectivity index (χ3n) is 3.33. The first-order chi connectivity index (χ1) is 8.96. The van der Waals surface area contributed by atoms with Gasteiger partial charge in [0, 0.05) is 24.0 Å². The summed E-state index contributed by atoms with van der Waals surface area (Å²) in [5, 5.41) is 3.22. The third-order valence-corrected chi connectivity index (χ3v) is 7.60. The van der Waals surface area contributed by atoms with Gasteiger partial charge in [-0.3, -0.25) is 0 Å². The molecule has 108 valence electrons. The number of rotatable bonds is 5. The number of sulfonamides is 1. The zero-order valence-corrected chi connectivity index (χ0v) is 14.4. The van der Waals surface area contributed by atoms with E-state index < -0.39 is 10.0 Å². The highest BCUT2D eigenvalue weighted by Crippen LogP contribution is 2.35. The van der Waals surface area contributed by atoms with Crippen LogP contribution in [0.5, 0.6) is 0 Å². The normalized spacial score (nSPS) is 21.1. The lowest BCUT2D eigenvalue weighted by atomic mass is 10.3. The molecule has 0 saturated carbocycles. The zero-order chi connectivity index (χ0) is 14.0. The van der Waals surface area contributed by atoms with Gasteiger partial charge in [-0.05, 0) is 48.3 Å². The van der Waals surface area contributed by atoms with Gasteiger partial charge < -0.3 is 5.32 Å². The Morgan fingerprint density at radius 2 is 2.32 bits per heavy atom. The van der Waals surface area contributed by atoms with E-state index in [4.69, 9.17) is 0 Å². The average molecular weight is 367 g/mol. The number of hydrogen-bond acceptors (Lipinski definition) is 4. The van der Waals surface area contributed by atoms with Crippen molar-refractivity contribution in [2.75, 3.05) is 13.1 Å². The van der Waals surface area contributed by atoms with E-state index >= 15 is 0 Å². The molecular weight excluding hydrogens is 348 g/mol. The Balaban J connectivity index is 2.27. The molecule has 1 aliphatic heterocycles. The van der Waals surface area contributed by atoms with Gasteiger partial charge in [0.05, 0.1) is 3.79 Å². The van der Waals surface area contributed by atoms with Crippen molar-refractivity contribution in [1.82, 2.24) is 9.62 Å². The van der Waals surface area contributed by atoms with Crippen molar-refractivity contribution in [3.8, 4) is 0 Å². The van der Waals surface area contributed by atoms with E-state index in [1.54, 1.807) is 10.4 Å². The van der Waals surface area contributed by atoms with Crippen LogP contribution in [-0.2, 0) is 16.6 Å².